The van der Waals surface area contributed by atoms with Gasteiger partial charge in [-0.15, -0.1) is 0 Å². The second-order valence-corrected chi connectivity index (χ2v) is 5.90. The lowest BCUT2D eigenvalue weighted by molar-refractivity contribution is 0.476. The number of hydrogen-bond acceptors (Lipinski definition) is 3. The fraction of sp³-hybridized carbons (Fsp3) is 0.231. The first kappa shape index (κ1) is 12.9. The van der Waals surface area contributed by atoms with Crippen LogP contribution in [0, 0.1) is 20.8 Å². The summed E-state index contributed by atoms with van der Waals surface area (Å²) in [6.45, 7) is 5.34. The topological polar surface area (TPSA) is 74.6 Å². The molecule has 96 valence electrons. The number of aryl methyl sites for hydroxylation is 2. The Bertz CT molecular complexity index is 745. The van der Waals surface area contributed by atoms with E-state index in [2.05, 4.69) is 0 Å². The molecule has 0 heterocycles. The van der Waals surface area contributed by atoms with E-state index in [9.17, 15) is 13.5 Å². The molecular weight excluding hydrogens is 252 g/mol. The Morgan fingerprint density at radius 2 is 1.61 bits per heavy atom. The maximum Gasteiger partial charge on any atom is 0.294 e. The van der Waals surface area contributed by atoms with E-state index in [4.69, 9.17) is 4.55 Å². The first-order valence-corrected chi connectivity index (χ1v) is 6.87. The van der Waals surface area contributed by atoms with E-state index in [1.807, 2.05) is 6.92 Å². The normalized spacial score (nSPS) is 12.0. The van der Waals surface area contributed by atoms with Crippen molar-refractivity contribution in [2.45, 2.75) is 25.7 Å². The van der Waals surface area contributed by atoms with Crippen molar-refractivity contribution in [1.82, 2.24) is 0 Å². The van der Waals surface area contributed by atoms with Gasteiger partial charge in [0.1, 0.15) is 5.75 Å². The number of phenolic OH excluding ortho intramolecular Hbond substituents is 1. The summed E-state index contributed by atoms with van der Waals surface area (Å²) >= 11 is 0. The summed E-state index contributed by atoms with van der Waals surface area (Å²) in [6.07, 6.45) is 0. The van der Waals surface area contributed by atoms with E-state index >= 15 is 0 Å². The third-order valence-corrected chi connectivity index (χ3v) is 4.02. The summed E-state index contributed by atoms with van der Waals surface area (Å²) in [5.74, 6) is 0.157. The molecule has 0 atom stereocenters. The molecule has 0 saturated carbocycles. The Labute approximate surface area is 106 Å². The molecule has 0 aliphatic heterocycles. The highest BCUT2D eigenvalue weighted by Crippen LogP contribution is 2.34. The largest absolute Gasteiger partial charge is 0.507 e. The van der Waals surface area contributed by atoms with Crippen LogP contribution in [0.15, 0.2) is 23.1 Å². The van der Waals surface area contributed by atoms with Gasteiger partial charge in [0.2, 0.25) is 0 Å². The van der Waals surface area contributed by atoms with Gasteiger partial charge in [-0.3, -0.25) is 4.55 Å². The van der Waals surface area contributed by atoms with Crippen LogP contribution >= 0.6 is 0 Å². The van der Waals surface area contributed by atoms with Gasteiger partial charge in [-0.05, 0) is 55.0 Å². The highest BCUT2D eigenvalue weighted by molar-refractivity contribution is 7.85. The van der Waals surface area contributed by atoms with E-state index in [1.54, 1.807) is 19.9 Å². The molecule has 2 N–H and O–H groups in total. The smallest absolute Gasteiger partial charge is 0.294 e. The van der Waals surface area contributed by atoms with Crippen LogP contribution in [-0.4, -0.2) is 18.1 Å². The van der Waals surface area contributed by atoms with Gasteiger partial charge in [-0.1, -0.05) is 6.07 Å². The quantitative estimate of drug-likeness (QED) is 0.778. The Hall–Kier alpha value is -1.59. The van der Waals surface area contributed by atoms with Crippen LogP contribution in [0.5, 0.6) is 5.75 Å². The Kier molecular flexibility index (Phi) is 2.83. The Morgan fingerprint density at radius 3 is 2.17 bits per heavy atom. The third-order valence-electron chi connectivity index (χ3n) is 3.19. The van der Waals surface area contributed by atoms with Crippen molar-refractivity contribution < 1.29 is 18.1 Å². The zero-order valence-electron chi connectivity index (χ0n) is 10.4. The predicted octanol–water partition coefficient (Wildman–Crippen LogP) is 2.72. The lowest BCUT2D eigenvalue weighted by Crippen LogP contribution is -1.99. The first-order valence-electron chi connectivity index (χ1n) is 5.43. The van der Waals surface area contributed by atoms with Crippen LogP contribution in [0.2, 0.25) is 0 Å². The summed E-state index contributed by atoms with van der Waals surface area (Å²) in [5.41, 5.74) is 2.25. The van der Waals surface area contributed by atoms with Crippen LogP contribution in [-0.2, 0) is 10.1 Å². The zero-order chi connectivity index (χ0) is 13.7. The molecule has 5 heteroatoms. The van der Waals surface area contributed by atoms with E-state index in [0.717, 1.165) is 11.1 Å². The van der Waals surface area contributed by atoms with Gasteiger partial charge >= 0.3 is 0 Å². The second-order valence-electron chi connectivity index (χ2n) is 4.48. The molecule has 0 aromatic heterocycles. The molecule has 0 radical (unpaired) electrons. The van der Waals surface area contributed by atoms with Crippen molar-refractivity contribution in [2.24, 2.45) is 0 Å². The molecule has 0 unspecified atom stereocenters. The van der Waals surface area contributed by atoms with Crippen molar-refractivity contribution in [1.29, 1.82) is 0 Å². The molecule has 2 aromatic carbocycles. The van der Waals surface area contributed by atoms with Crippen LogP contribution in [0.25, 0.3) is 10.8 Å². The minimum atomic E-state index is -4.23. The number of fused-ring (bicyclic) bond motifs is 1. The second kappa shape index (κ2) is 3.96. The van der Waals surface area contributed by atoms with E-state index in [1.165, 1.54) is 12.1 Å². The number of aromatic hydroxyl groups is 1. The van der Waals surface area contributed by atoms with Crippen molar-refractivity contribution in [2.75, 3.05) is 0 Å². The van der Waals surface area contributed by atoms with Crippen molar-refractivity contribution in [3.8, 4) is 5.75 Å². The number of benzene rings is 2. The zero-order valence-corrected chi connectivity index (χ0v) is 11.2. The molecule has 18 heavy (non-hydrogen) atoms. The van der Waals surface area contributed by atoms with Crippen LogP contribution in [0.4, 0.5) is 0 Å². The van der Waals surface area contributed by atoms with Crippen molar-refractivity contribution in [3.05, 3.63) is 34.9 Å². The first-order chi connectivity index (χ1) is 8.21. The minimum Gasteiger partial charge on any atom is -0.507 e. The molecule has 0 fully saturated rings. The highest BCUT2D eigenvalue weighted by atomic mass is 32.2. The van der Waals surface area contributed by atoms with Gasteiger partial charge < -0.3 is 5.11 Å². The summed E-state index contributed by atoms with van der Waals surface area (Å²) in [7, 11) is -4.23. The predicted molar refractivity (Wildman–Crippen MR) is 69.6 cm³/mol. The molecule has 0 bridgehead atoms. The summed E-state index contributed by atoms with van der Waals surface area (Å²) < 4.78 is 31.4. The van der Waals surface area contributed by atoms with E-state index in [0.29, 0.717) is 16.3 Å². The third kappa shape index (κ3) is 1.95. The SMILES string of the molecule is Cc1cc2cc(S(=O)(=O)O)cc(C)c2c(O)c1C. The average Bonchev–Trinajstić information content (AvgIpc) is 2.23. The molecule has 0 saturated heterocycles. The highest BCUT2D eigenvalue weighted by Gasteiger charge is 2.15. The Balaban J connectivity index is 2.96. The Morgan fingerprint density at radius 1 is 1.00 bits per heavy atom. The number of phenols is 1. The van der Waals surface area contributed by atoms with Crippen LogP contribution in [0.1, 0.15) is 16.7 Å². The van der Waals surface area contributed by atoms with Gasteiger partial charge in [0.15, 0.2) is 0 Å². The van der Waals surface area contributed by atoms with Gasteiger partial charge in [-0.25, -0.2) is 0 Å². The molecule has 0 amide bonds. The van der Waals surface area contributed by atoms with Gasteiger partial charge in [0, 0.05) is 5.39 Å². The van der Waals surface area contributed by atoms with Crippen LogP contribution in [0.3, 0.4) is 0 Å². The lowest BCUT2D eigenvalue weighted by atomic mass is 9.98. The molecule has 0 aliphatic rings. The maximum absolute atomic E-state index is 11.2. The molecule has 0 aliphatic carbocycles. The number of rotatable bonds is 1. The molecule has 2 aromatic rings. The molecule has 2 rings (SSSR count). The van der Waals surface area contributed by atoms with Gasteiger partial charge in [0.05, 0.1) is 4.90 Å². The minimum absolute atomic E-state index is 0.157. The molecule has 0 spiro atoms. The molecular formula is C13H14O4S. The van der Waals surface area contributed by atoms with Crippen molar-refractivity contribution in [3.63, 3.8) is 0 Å². The van der Waals surface area contributed by atoms with Crippen LogP contribution < -0.4 is 0 Å². The van der Waals surface area contributed by atoms with Gasteiger partial charge in [0.25, 0.3) is 10.1 Å². The number of hydrogen-bond donors (Lipinski definition) is 2. The standard InChI is InChI=1S/C13H14O4S/c1-7-4-10-6-11(18(15,16)17)5-8(2)12(10)13(14)9(7)3/h4-6,14H,1-3H3,(H,15,16,17). The molecule has 4 nitrogen and oxygen atoms in total. The van der Waals surface area contributed by atoms with Gasteiger partial charge in [-0.2, -0.15) is 8.42 Å². The fourth-order valence-electron chi connectivity index (χ4n) is 2.08. The monoisotopic (exact) mass is 266 g/mol. The van der Waals surface area contributed by atoms with Crippen molar-refractivity contribution >= 4 is 20.9 Å². The summed E-state index contributed by atoms with van der Waals surface area (Å²) in [5, 5.41) is 11.3. The summed E-state index contributed by atoms with van der Waals surface area (Å²) in [6, 6.07) is 4.52. The lowest BCUT2D eigenvalue weighted by Gasteiger charge is -2.11. The van der Waals surface area contributed by atoms with E-state index < -0.39 is 10.1 Å². The average molecular weight is 266 g/mol. The maximum atomic E-state index is 11.2. The van der Waals surface area contributed by atoms with E-state index in [-0.39, 0.29) is 10.6 Å². The summed E-state index contributed by atoms with van der Waals surface area (Å²) in [4.78, 5) is -0.157. The fourth-order valence-corrected chi connectivity index (χ4v) is 2.68.